The van der Waals surface area contributed by atoms with Crippen LogP contribution in [0.15, 0.2) is 56.4 Å². The predicted molar refractivity (Wildman–Crippen MR) is 115 cm³/mol. The number of benzene rings is 1. The zero-order valence-corrected chi connectivity index (χ0v) is 17.9. The van der Waals surface area contributed by atoms with E-state index in [4.69, 9.17) is 4.42 Å². The summed E-state index contributed by atoms with van der Waals surface area (Å²) in [6.45, 7) is 4.70. The number of aromatic nitrogens is 4. The van der Waals surface area contributed by atoms with Gasteiger partial charge in [0.2, 0.25) is 0 Å². The Hall–Kier alpha value is -2.29. The van der Waals surface area contributed by atoms with Crippen LogP contribution in [0.2, 0.25) is 0 Å². The first kappa shape index (κ1) is 18.7. The van der Waals surface area contributed by atoms with Crippen molar-refractivity contribution in [3.63, 3.8) is 0 Å². The van der Waals surface area contributed by atoms with Gasteiger partial charge >= 0.3 is 0 Å². The molecule has 1 aromatic carbocycles. The van der Waals surface area contributed by atoms with Crippen LogP contribution in [0.4, 0.5) is 0 Å². The lowest BCUT2D eigenvalue weighted by Crippen LogP contribution is -2.30. The topological polar surface area (TPSA) is 70.8 Å². The third-order valence-corrected chi connectivity index (χ3v) is 6.37. The summed E-state index contributed by atoms with van der Waals surface area (Å²) < 4.78 is 6.06. The maximum Gasteiger partial charge on any atom is 0.187 e. The smallest absolute Gasteiger partial charge is 0.187 e. The number of furan rings is 1. The highest BCUT2D eigenvalue weighted by Crippen LogP contribution is 2.30. The number of fused-ring (bicyclic) bond motifs is 2. The molecule has 0 amide bonds. The summed E-state index contributed by atoms with van der Waals surface area (Å²) in [5.74, 6) is 0.963. The van der Waals surface area contributed by atoms with Crippen molar-refractivity contribution in [2.75, 3.05) is 12.8 Å². The molecule has 4 heterocycles. The Kier molecular flexibility index (Phi) is 5.07. The summed E-state index contributed by atoms with van der Waals surface area (Å²) in [5, 5.41) is 2.55. The molecule has 0 saturated carbocycles. The van der Waals surface area contributed by atoms with Crippen molar-refractivity contribution in [2.45, 2.75) is 41.8 Å². The minimum atomic E-state index is 0.781. The van der Waals surface area contributed by atoms with E-state index in [9.17, 15) is 0 Å². The van der Waals surface area contributed by atoms with Gasteiger partial charge in [0.15, 0.2) is 15.4 Å². The molecular weight excluding hydrogens is 402 g/mol. The Morgan fingerprint density at radius 3 is 3.03 bits per heavy atom. The molecule has 0 bridgehead atoms. The Balaban J connectivity index is 1.25. The van der Waals surface area contributed by atoms with Gasteiger partial charge in [0.25, 0.3) is 0 Å². The molecule has 5 rings (SSSR count). The summed E-state index contributed by atoms with van der Waals surface area (Å²) in [6.07, 6.45) is 4.93. The van der Waals surface area contributed by atoms with Crippen molar-refractivity contribution >= 4 is 34.6 Å². The summed E-state index contributed by atoms with van der Waals surface area (Å²) in [7, 11) is 0. The first-order chi connectivity index (χ1) is 14.2. The number of hydrogen-bond donors (Lipinski definition) is 1. The molecule has 1 aliphatic rings. The van der Waals surface area contributed by atoms with Gasteiger partial charge in [0.1, 0.15) is 5.76 Å². The second-order valence-corrected chi connectivity index (χ2v) is 8.94. The lowest BCUT2D eigenvalue weighted by Gasteiger charge is -2.27. The normalized spacial score (nSPS) is 14.4. The monoisotopic (exact) mass is 423 g/mol. The van der Waals surface area contributed by atoms with Crippen LogP contribution in [0.3, 0.4) is 0 Å². The molecule has 0 spiro atoms. The summed E-state index contributed by atoms with van der Waals surface area (Å²) in [6, 6.07) is 10.3. The molecule has 0 radical (unpaired) electrons. The highest BCUT2D eigenvalue weighted by molar-refractivity contribution is 7.99. The summed E-state index contributed by atoms with van der Waals surface area (Å²) >= 11 is 3.11. The van der Waals surface area contributed by atoms with Crippen LogP contribution in [-0.2, 0) is 19.5 Å². The lowest BCUT2D eigenvalue weighted by molar-refractivity contribution is 0.217. The zero-order chi connectivity index (χ0) is 19.8. The van der Waals surface area contributed by atoms with E-state index in [1.807, 2.05) is 24.6 Å². The van der Waals surface area contributed by atoms with Crippen molar-refractivity contribution in [2.24, 2.45) is 0 Å². The minimum Gasteiger partial charge on any atom is -0.453 e. The van der Waals surface area contributed by atoms with Gasteiger partial charge in [-0.15, -0.1) is 0 Å². The van der Waals surface area contributed by atoms with Crippen LogP contribution < -0.4 is 0 Å². The fourth-order valence-corrected chi connectivity index (χ4v) is 4.69. The van der Waals surface area contributed by atoms with Crippen molar-refractivity contribution < 1.29 is 4.42 Å². The lowest BCUT2D eigenvalue weighted by atomic mass is 10.1. The van der Waals surface area contributed by atoms with Gasteiger partial charge in [0, 0.05) is 31.3 Å². The molecule has 29 heavy (non-hydrogen) atoms. The maximum atomic E-state index is 6.06. The first-order valence-corrected chi connectivity index (χ1v) is 11.5. The van der Waals surface area contributed by atoms with Crippen LogP contribution in [0.5, 0.6) is 0 Å². The largest absolute Gasteiger partial charge is 0.453 e. The van der Waals surface area contributed by atoms with E-state index < -0.39 is 0 Å². The third-order valence-electron chi connectivity index (χ3n) is 5.00. The number of imidazole rings is 1. The molecule has 0 fully saturated rings. The molecule has 1 aliphatic heterocycles. The number of thioether (sulfide) groups is 1. The molecule has 0 saturated heterocycles. The number of aryl methyl sites for hydroxylation is 1. The van der Waals surface area contributed by atoms with E-state index in [0.29, 0.717) is 0 Å². The Morgan fingerprint density at radius 1 is 1.21 bits per heavy atom. The SMILES string of the molecule is CSc1ncc2c(n1)CCN(Cc1ccc(Sc3nc4ccc(C)cc4[nH]3)o1)C2. The van der Waals surface area contributed by atoms with Gasteiger partial charge in [-0.25, -0.2) is 15.0 Å². The molecule has 0 atom stereocenters. The molecule has 8 heteroatoms. The van der Waals surface area contributed by atoms with Gasteiger partial charge < -0.3 is 9.40 Å². The van der Waals surface area contributed by atoms with Crippen LogP contribution >= 0.6 is 23.5 Å². The molecule has 4 aromatic rings. The number of H-pyrrole nitrogens is 1. The second kappa shape index (κ2) is 7.85. The van der Waals surface area contributed by atoms with E-state index in [-0.39, 0.29) is 0 Å². The fourth-order valence-electron chi connectivity index (χ4n) is 3.55. The molecule has 3 aromatic heterocycles. The van der Waals surface area contributed by atoms with Gasteiger partial charge in [-0.1, -0.05) is 17.8 Å². The van der Waals surface area contributed by atoms with Crippen molar-refractivity contribution in [3.05, 3.63) is 59.1 Å². The van der Waals surface area contributed by atoms with Gasteiger partial charge in [-0.3, -0.25) is 4.90 Å². The average Bonchev–Trinajstić information content (AvgIpc) is 3.33. The Bertz CT molecular complexity index is 1170. The van der Waals surface area contributed by atoms with E-state index in [1.54, 1.807) is 11.8 Å². The van der Waals surface area contributed by atoms with Gasteiger partial charge in [-0.05, 0) is 54.8 Å². The zero-order valence-electron chi connectivity index (χ0n) is 16.3. The van der Waals surface area contributed by atoms with Crippen LogP contribution in [-0.4, -0.2) is 37.6 Å². The predicted octanol–water partition coefficient (Wildman–Crippen LogP) is 4.69. The number of nitrogens with zero attached hydrogens (tertiary/aromatic N) is 4. The number of hydrogen-bond acceptors (Lipinski definition) is 7. The molecule has 0 unspecified atom stereocenters. The number of nitrogens with one attached hydrogen (secondary N) is 1. The second-order valence-electron chi connectivity index (χ2n) is 7.17. The number of aromatic amines is 1. The third kappa shape index (κ3) is 4.05. The Labute approximate surface area is 177 Å². The maximum absolute atomic E-state index is 6.06. The average molecular weight is 424 g/mol. The highest BCUT2D eigenvalue weighted by Gasteiger charge is 2.20. The first-order valence-electron chi connectivity index (χ1n) is 9.50. The van der Waals surface area contributed by atoms with Crippen molar-refractivity contribution in [1.29, 1.82) is 0 Å². The highest BCUT2D eigenvalue weighted by atomic mass is 32.2. The van der Waals surface area contributed by atoms with Crippen molar-refractivity contribution in [3.8, 4) is 0 Å². The summed E-state index contributed by atoms with van der Waals surface area (Å²) in [4.78, 5) is 19.4. The van der Waals surface area contributed by atoms with E-state index in [1.165, 1.54) is 28.6 Å². The van der Waals surface area contributed by atoms with Crippen molar-refractivity contribution in [1.82, 2.24) is 24.8 Å². The van der Waals surface area contributed by atoms with E-state index in [2.05, 4.69) is 50.0 Å². The quantitative estimate of drug-likeness (QED) is 0.369. The molecule has 0 aliphatic carbocycles. The summed E-state index contributed by atoms with van der Waals surface area (Å²) in [5.41, 5.74) is 5.64. The van der Waals surface area contributed by atoms with Crippen LogP contribution in [0.1, 0.15) is 22.6 Å². The Morgan fingerprint density at radius 2 is 2.14 bits per heavy atom. The fraction of sp³-hybridized carbons (Fsp3) is 0.286. The van der Waals surface area contributed by atoms with E-state index >= 15 is 0 Å². The molecule has 6 nitrogen and oxygen atoms in total. The minimum absolute atomic E-state index is 0.781. The van der Waals surface area contributed by atoms with Crippen LogP contribution in [0, 0.1) is 6.92 Å². The standard InChI is InChI=1S/C21H21N5OS2/c1-13-3-5-17-18(9-13)25-21(24-17)29-19-6-4-15(27-19)12-26-8-7-16-14(11-26)10-22-20(23-16)28-2/h3-6,9-10H,7-8,11-12H2,1-2H3,(H,24,25). The number of rotatable bonds is 5. The molecule has 1 N–H and O–H groups in total. The van der Waals surface area contributed by atoms with E-state index in [0.717, 1.165) is 58.3 Å². The van der Waals surface area contributed by atoms with Gasteiger partial charge in [0.05, 0.1) is 23.3 Å². The molecular formula is C21H21N5OS2. The van der Waals surface area contributed by atoms with Gasteiger partial charge in [-0.2, -0.15) is 0 Å². The molecule has 148 valence electrons. The van der Waals surface area contributed by atoms with Crippen LogP contribution in [0.25, 0.3) is 11.0 Å².